The molecule has 0 fully saturated rings. The fourth-order valence-corrected chi connectivity index (χ4v) is 2.96. The van der Waals surface area contributed by atoms with E-state index in [1.807, 2.05) is 12.1 Å². The summed E-state index contributed by atoms with van der Waals surface area (Å²) < 4.78 is 13.1. The van der Waals surface area contributed by atoms with Crippen LogP contribution in [0.1, 0.15) is 28.2 Å². The van der Waals surface area contributed by atoms with E-state index in [-0.39, 0.29) is 5.82 Å². The highest BCUT2D eigenvalue weighted by Crippen LogP contribution is 2.33. The predicted octanol–water partition coefficient (Wildman–Crippen LogP) is 3.71. The Morgan fingerprint density at radius 2 is 1.84 bits per heavy atom. The molecule has 0 saturated carbocycles. The van der Waals surface area contributed by atoms with Crippen molar-refractivity contribution in [1.29, 1.82) is 0 Å². The van der Waals surface area contributed by atoms with E-state index in [9.17, 15) is 4.39 Å². The van der Waals surface area contributed by atoms with E-state index in [0.717, 1.165) is 13.1 Å². The molecular weight excluding hydrogens is 237 g/mol. The average molecular weight is 255 g/mol. The van der Waals surface area contributed by atoms with E-state index in [1.165, 1.54) is 22.3 Å². The van der Waals surface area contributed by atoms with Crippen molar-refractivity contribution in [2.24, 2.45) is 0 Å². The first kappa shape index (κ1) is 12.4. The Hall–Kier alpha value is -1.67. The highest BCUT2D eigenvalue weighted by atomic mass is 19.1. The van der Waals surface area contributed by atoms with Gasteiger partial charge in [0, 0.05) is 19.0 Å². The molecule has 0 radical (unpaired) electrons. The number of likely N-dealkylation sites (N-methyl/N-ethyl adjacent to an activating group) is 1. The minimum atomic E-state index is -0.169. The quantitative estimate of drug-likeness (QED) is 0.751. The monoisotopic (exact) mass is 255 g/mol. The molecule has 2 heteroatoms. The molecule has 2 aromatic rings. The van der Waals surface area contributed by atoms with Crippen LogP contribution in [0.25, 0.3) is 0 Å². The zero-order valence-corrected chi connectivity index (χ0v) is 11.4. The summed E-state index contributed by atoms with van der Waals surface area (Å²) in [7, 11) is 2.14. The average Bonchev–Trinajstić information content (AvgIpc) is 2.38. The zero-order valence-electron chi connectivity index (χ0n) is 11.4. The first-order valence-corrected chi connectivity index (χ1v) is 6.67. The Bertz CT molecular complexity index is 589. The number of fused-ring (bicyclic) bond motifs is 1. The van der Waals surface area contributed by atoms with Gasteiger partial charge in [0.2, 0.25) is 0 Å². The van der Waals surface area contributed by atoms with Crippen LogP contribution in [0, 0.1) is 12.7 Å². The van der Waals surface area contributed by atoms with Crippen molar-refractivity contribution in [3.8, 4) is 0 Å². The number of aryl methyl sites for hydroxylation is 1. The van der Waals surface area contributed by atoms with Gasteiger partial charge in [0.05, 0.1) is 0 Å². The number of halogens is 1. The second kappa shape index (κ2) is 4.78. The normalized spacial score (nSPS) is 19.2. The fraction of sp³-hybridized carbons (Fsp3) is 0.294. The van der Waals surface area contributed by atoms with Crippen LogP contribution in [0.5, 0.6) is 0 Å². The van der Waals surface area contributed by atoms with Crippen molar-refractivity contribution >= 4 is 0 Å². The molecule has 1 atom stereocenters. The SMILES string of the molecule is Cc1ccc2c(c1)CN(C)CC2c1ccc(F)cc1. The van der Waals surface area contributed by atoms with Crippen molar-refractivity contribution in [1.82, 2.24) is 4.90 Å². The lowest BCUT2D eigenvalue weighted by molar-refractivity contribution is 0.295. The van der Waals surface area contributed by atoms with Crippen LogP contribution in [0.3, 0.4) is 0 Å². The topological polar surface area (TPSA) is 3.24 Å². The van der Waals surface area contributed by atoms with Crippen LogP contribution in [0.4, 0.5) is 4.39 Å². The van der Waals surface area contributed by atoms with Gasteiger partial charge >= 0.3 is 0 Å². The van der Waals surface area contributed by atoms with Gasteiger partial charge in [-0.2, -0.15) is 0 Å². The second-order valence-corrected chi connectivity index (χ2v) is 5.50. The summed E-state index contributed by atoms with van der Waals surface area (Å²) in [6, 6.07) is 13.6. The van der Waals surface area contributed by atoms with Crippen LogP contribution < -0.4 is 0 Å². The maximum absolute atomic E-state index is 13.1. The van der Waals surface area contributed by atoms with E-state index < -0.39 is 0 Å². The molecule has 1 aliphatic rings. The minimum Gasteiger partial charge on any atom is -0.301 e. The summed E-state index contributed by atoms with van der Waals surface area (Å²) in [5, 5.41) is 0. The van der Waals surface area contributed by atoms with E-state index in [2.05, 4.69) is 37.1 Å². The van der Waals surface area contributed by atoms with Crippen molar-refractivity contribution in [3.63, 3.8) is 0 Å². The molecule has 1 unspecified atom stereocenters. The molecule has 0 aromatic heterocycles. The summed E-state index contributed by atoms with van der Waals surface area (Å²) in [6.45, 7) is 4.11. The first-order valence-electron chi connectivity index (χ1n) is 6.67. The largest absolute Gasteiger partial charge is 0.301 e. The second-order valence-electron chi connectivity index (χ2n) is 5.50. The number of rotatable bonds is 1. The lowest BCUT2D eigenvalue weighted by Gasteiger charge is -2.33. The summed E-state index contributed by atoms with van der Waals surface area (Å²) >= 11 is 0. The lowest BCUT2D eigenvalue weighted by atomic mass is 9.84. The first-order chi connectivity index (χ1) is 9.13. The fourth-order valence-electron chi connectivity index (χ4n) is 2.96. The third-order valence-electron chi connectivity index (χ3n) is 3.88. The van der Waals surface area contributed by atoms with E-state index >= 15 is 0 Å². The standard InChI is InChI=1S/C17H18FN/c1-12-3-8-16-14(9-12)10-19(2)11-17(16)13-4-6-15(18)7-5-13/h3-9,17H,10-11H2,1-2H3. The number of benzene rings is 2. The highest BCUT2D eigenvalue weighted by Gasteiger charge is 2.24. The Labute approximate surface area is 113 Å². The zero-order chi connectivity index (χ0) is 13.4. The van der Waals surface area contributed by atoms with Crippen molar-refractivity contribution in [2.75, 3.05) is 13.6 Å². The third kappa shape index (κ3) is 2.41. The van der Waals surface area contributed by atoms with E-state index in [0.29, 0.717) is 5.92 Å². The van der Waals surface area contributed by atoms with E-state index in [4.69, 9.17) is 0 Å². The summed E-state index contributed by atoms with van der Waals surface area (Å²) in [4.78, 5) is 2.33. The molecule has 0 aliphatic carbocycles. The highest BCUT2D eigenvalue weighted by molar-refractivity contribution is 5.42. The molecule has 2 aromatic carbocycles. The molecule has 98 valence electrons. The van der Waals surface area contributed by atoms with Gasteiger partial charge in [-0.25, -0.2) is 4.39 Å². The van der Waals surface area contributed by atoms with Crippen LogP contribution >= 0.6 is 0 Å². The third-order valence-corrected chi connectivity index (χ3v) is 3.88. The van der Waals surface area contributed by atoms with Crippen molar-refractivity contribution in [2.45, 2.75) is 19.4 Å². The Balaban J connectivity index is 2.05. The summed E-state index contributed by atoms with van der Waals surface area (Å²) in [5.41, 5.74) is 5.27. The molecule has 0 saturated heterocycles. The predicted molar refractivity (Wildman–Crippen MR) is 75.8 cm³/mol. The molecule has 0 amide bonds. The number of hydrogen-bond acceptors (Lipinski definition) is 1. The van der Waals surface area contributed by atoms with Gasteiger partial charge in [0.1, 0.15) is 5.82 Å². The van der Waals surface area contributed by atoms with E-state index in [1.54, 1.807) is 12.1 Å². The Kier molecular flexibility index (Phi) is 3.11. The lowest BCUT2D eigenvalue weighted by Crippen LogP contribution is -2.31. The molecule has 19 heavy (non-hydrogen) atoms. The molecule has 1 heterocycles. The van der Waals surface area contributed by atoms with Gasteiger partial charge < -0.3 is 4.90 Å². The minimum absolute atomic E-state index is 0.169. The maximum Gasteiger partial charge on any atom is 0.123 e. The van der Waals surface area contributed by atoms with Gasteiger partial charge in [-0.15, -0.1) is 0 Å². The Morgan fingerprint density at radius 3 is 2.58 bits per heavy atom. The summed E-state index contributed by atoms with van der Waals surface area (Å²) in [6.07, 6.45) is 0. The van der Waals surface area contributed by atoms with Crippen LogP contribution in [-0.2, 0) is 6.54 Å². The molecule has 1 aliphatic heterocycles. The summed E-state index contributed by atoms with van der Waals surface area (Å²) in [5.74, 6) is 0.173. The smallest absolute Gasteiger partial charge is 0.123 e. The Morgan fingerprint density at radius 1 is 1.11 bits per heavy atom. The van der Waals surface area contributed by atoms with Crippen molar-refractivity contribution in [3.05, 3.63) is 70.5 Å². The van der Waals surface area contributed by atoms with Crippen LogP contribution in [-0.4, -0.2) is 18.5 Å². The van der Waals surface area contributed by atoms with Crippen LogP contribution in [0.2, 0.25) is 0 Å². The molecular formula is C17H18FN. The molecule has 3 rings (SSSR count). The molecule has 1 nitrogen and oxygen atoms in total. The number of nitrogens with zero attached hydrogens (tertiary/aromatic N) is 1. The molecule has 0 N–H and O–H groups in total. The van der Waals surface area contributed by atoms with Gasteiger partial charge in [-0.3, -0.25) is 0 Å². The number of hydrogen-bond donors (Lipinski definition) is 0. The van der Waals surface area contributed by atoms with Gasteiger partial charge in [0.25, 0.3) is 0 Å². The van der Waals surface area contributed by atoms with Crippen molar-refractivity contribution < 1.29 is 4.39 Å². The van der Waals surface area contributed by atoms with Gasteiger partial charge in [0.15, 0.2) is 0 Å². The van der Waals surface area contributed by atoms with Gasteiger partial charge in [-0.05, 0) is 42.8 Å². The van der Waals surface area contributed by atoms with Crippen LogP contribution in [0.15, 0.2) is 42.5 Å². The molecule has 0 spiro atoms. The van der Waals surface area contributed by atoms with Gasteiger partial charge in [-0.1, -0.05) is 35.9 Å². The molecule has 0 bridgehead atoms. The maximum atomic E-state index is 13.1.